The van der Waals surface area contributed by atoms with E-state index in [0.717, 1.165) is 21.3 Å². The summed E-state index contributed by atoms with van der Waals surface area (Å²) in [6.07, 6.45) is 1.01. The maximum Gasteiger partial charge on any atom is 0.261 e. The van der Waals surface area contributed by atoms with Crippen molar-refractivity contribution in [3.8, 4) is 5.75 Å². The second-order valence-electron chi connectivity index (χ2n) is 8.38. The van der Waals surface area contributed by atoms with Gasteiger partial charge in [0.1, 0.15) is 12.3 Å². The predicted molar refractivity (Wildman–Crippen MR) is 150 cm³/mol. The monoisotopic (exact) mass is 553 g/mol. The van der Waals surface area contributed by atoms with Gasteiger partial charge in [-0.3, -0.25) is 13.8 Å². The number of ether oxygens (including phenoxy) is 1. The number of benzene rings is 4. The van der Waals surface area contributed by atoms with Crippen LogP contribution in [-0.4, -0.2) is 42.2 Å². The molecule has 4 rings (SSSR count). The first kappa shape index (κ1) is 27.0. The van der Waals surface area contributed by atoms with E-state index in [1.807, 2.05) is 30.3 Å². The molecule has 0 radical (unpaired) electrons. The normalized spacial score (nSPS) is 11.6. The second kappa shape index (κ2) is 11.1. The molecule has 0 spiro atoms. The quantitative estimate of drug-likeness (QED) is 0.299. The minimum Gasteiger partial charge on any atom is -0.492 e. The zero-order chi connectivity index (χ0) is 27.3. The van der Waals surface area contributed by atoms with Crippen molar-refractivity contribution in [2.24, 2.45) is 0 Å². The summed E-state index contributed by atoms with van der Waals surface area (Å²) in [5.74, 6) is -0.271. The van der Waals surface area contributed by atoms with Gasteiger partial charge in [0.05, 0.1) is 29.1 Å². The highest BCUT2D eigenvalue weighted by Crippen LogP contribution is 2.30. The number of carbonyl (C=O) groups is 1. The van der Waals surface area contributed by atoms with Gasteiger partial charge >= 0.3 is 0 Å². The van der Waals surface area contributed by atoms with E-state index < -0.39 is 32.5 Å². The summed E-state index contributed by atoms with van der Waals surface area (Å²) in [6.45, 7) is 1.60. The van der Waals surface area contributed by atoms with Gasteiger partial charge in [0.25, 0.3) is 10.0 Å². The van der Waals surface area contributed by atoms with Crippen LogP contribution in [0.2, 0.25) is 0 Å². The third kappa shape index (κ3) is 6.24. The smallest absolute Gasteiger partial charge is 0.261 e. The number of fused-ring (bicyclic) bond motifs is 1. The molecule has 2 N–H and O–H groups in total. The van der Waals surface area contributed by atoms with E-state index >= 15 is 0 Å². The van der Waals surface area contributed by atoms with Crippen molar-refractivity contribution in [2.45, 2.75) is 11.8 Å². The summed E-state index contributed by atoms with van der Waals surface area (Å²) in [7, 11) is -7.71. The van der Waals surface area contributed by atoms with Gasteiger partial charge in [-0.25, -0.2) is 16.8 Å². The molecule has 11 heteroatoms. The Balaban J connectivity index is 1.49. The van der Waals surface area contributed by atoms with E-state index in [1.165, 1.54) is 24.3 Å². The zero-order valence-electron chi connectivity index (χ0n) is 20.8. The van der Waals surface area contributed by atoms with Crippen molar-refractivity contribution in [1.29, 1.82) is 0 Å². The van der Waals surface area contributed by atoms with Crippen LogP contribution in [0, 0.1) is 0 Å². The van der Waals surface area contributed by atoms with Gasteiger partial charge in [-0.1, -0.05) is 48.5 Å². The lowest BCUT2D eigenvalue weighted by molar-refractivity contribution is -0.114. The first-order valence-corrected chi connectivity index (χ1v) is 15.0. The first-order chi connectivity index (χ1) is 18.1. The number of para-hydroxylation sites is 2. The zero-order valence-corrected chi connectivity index (χ0v) is 22.4. The van der Waals surface area contributed by atoms with Gasteiger partial charge in [0, 0.05) is 11.1 Å². The van der Waals surface area contributed by atoms with Crippen LogP contribution < -0.4 is 19.1 Å². The molecule has 4 aromatic rings. The fourth-order valence-corrected chi connectivity index (χ4v) is 5.83. The maximum atomic E-state index is 13.0. The molecule has 0 fully saturated rings. The van der Waals surface area contributed by atoms with Crippen molar-refractivity contribution in [2.75, 3.05) is 33.8 Å². The Morgan fingerprint density at radius 1 is 0.842 bits per heavy atom. The van der Waals surface area contributed by atoms with Gasteiger partial charge < -0.3 is 10.1 Å². The van der Waals surface area contributed by atoms with Crippen LogP contribution in [0.15, 0.2) is 95.9 Å². The molecule has 0 heterocycles. The molecule has 0 aliphatic rings. The fraction of sp³-hybridized carbons (Fsp3) is 0.148. The Kier molecular flexibility index (Phi) is 7.88. The highest BCUT2D eigenvalue weighted by molar-refractivity contribution is 7.92. The summed E-state index contributed by atoms with van der Waals surface area (Å²) in [5.41, 5.74) is 1.01. The molecule has 198 valence electrons. The van der Waals surface area contributed by atoms with Crippen LogP contribution in [0.1, 0.15) is 6.92 Å². The number of nitrogens with zero attached hydrogens (tertiary/aromatic N) is 1. The number of carbonyl (C=O) groups excluding carboxylic acids is 1. The Labute approximate surface area is 222 Å². The van der Waals surface area contributed by atoms with Gasteiger partial charge in [0.2, 0.25) is 15.9 Å². The summed E-state index contributed by atoms with van der Waals surface area (Å²) in [4.78, 5) is 12.8. The van der Waals surface area contributed by atoms with E-state index in [2.05, 4.69) is 10.0 Å². The number of rotatable bonds is 10. The molecule has 0 aliphatic heterocycles. The molecule has 0 saturated carbocycles. The molecule has 4 aromatic carbocycles. The van der Waals surface area contributed by atoms with E-state index in [9.17, 15) is 21.6 Å². The van der Waals surface area contributed by atoms with Crippen LogP contribution in [0.4, 0.5) is 17.1 Å². The third-order valence-electron chi connectivity index (χ3n) is 5.60. The lowest BCUT2D eigenvalue weighted by Gasteiger charge is -2.24. The van der Waals surface area contributed by atoms with E-state index in [1.54, 1.807) is 43.3 Å². The third-order valence-corrected chi connectivity index (χ3v) is 8.11. The lowest BCUT2D eigenvalue weighted by Crippen LogP contribution is -2.37. The van der Waals surface area contributed by atoms with Gasteiger partial charge in [-0.15, -0.1) is 0 Å². The molecule has 38 heavy (non-hydrogen) atoms. The van der Waals surface area contributed by atoms with Crippen molar-refractivity contribution < 1.29 is 26.4 Å². The SMILES string of the molecule is CCOc1ccccc1N(CC(=O)Nc1ccc(S(=O)(=O)Nc2cccc3ccccc23)cc1)S(C)(=O)=O. The standard InChI is InChI=1S/C27H27N3O6S2/c1-3-36-26-14-7-6-13-25(26)30(37(2,32)33)19-27(31)28-21-15-17-22(18-16-21)38(34,35)29-24-12-8-10-20-9-4-5-11-23(20)24/h4-18,29H,3,19H2,1-2H3,(H,28,31). The summed E-state index contributed by atoms with van der Waals surface area (Å²) in [6, 6.07) is 24.9. The molecular weight excluding hydrogens is 526 g/mol. The van der Waals surface area contributed by atoms with Gasteiger partial charge in [-0.05, 0) is 54.8 Å². The molecule has 0 aliphatic carbocycles. The summed E-state index contributed by atoms with van der Waals surface area (Å²) >= 11 is 0. The van der Waals surface area contributed by atoms with Crippen LogP contribution in [0.5, 0.6) is 5.75 Å². The highest BCUT2D eigenvalue weighted by atomic mass is 32.2. The van der Waals surface area contributed by atoms with E-state index in [0.29, 0.717) is 23.7 Å². The summed E-state index contributed by atoms with van der Waals surface area (Å²) < 4.78 is 60.0. The van der Waals surface area contributed by atoms with Crippen molar-refractivity contribution in [3.63, 3.8) is 0 Å². The Morgan fingerprint density at radius 2 is 1.50 bits per heavy atom. The minimum absolute atomic E-state index is 0.00633. The highest BCUT2D eigenvalue weighted by Gasteiger charge is 2.24. The topological polar surface area (TPSA) is 122 Å². The second-order valence-corrected chi connectivity index (χ2v) is 12.0. The maximum absolute atomic E-state index is 13.0. The molecule has 1 amide bonds. The minimum atomic E-state index is -3.90. The fourth-order valence-electron chi connectivity index (χ4n) is 3.89. The van der Waals surface area contributed by atoms with Gasteiger partial charge in [0.15, 0.2) is 0 Å². The van der Waals surface area contributed by atoms with Crippen LogP contribution in [0.3, 0.4) is 0 Å². The van der Waals surface area contributed by atoms with Crippen LogP contribution in [0.25, 0.3) is 10.8 Å². The number of nitrogens with one attached hydrogen (secondary N) is 2. The van der Waals surface area contributed by atoms with E-state index in [4.69, 9.17) is 4.74 Å². The molecule has 0 bridgehead atoms. The van der Waals surface area contributed by atoms with Crippen LogP contribution in [-0.2, 0) is 24.8 Å². The number of anilines is 3. The van der Waals surface area contributed by atoms with Crippen molar-refractivity contribution >= 4 is 53.8 Å². The molecule has 0 saturated heterocycles. The van der Waals surface area contributed by atoms with E-state index in [-0.39, 0.29) is 10.6 Å². The number of hydrogen-bond donors (Lipinski definition) is 2. The summed E-state index contributed by atoms with van der Waals surface area (Å²) in [5, 5.41) is 4.29. The first-order valence-electron chi connectivity index (χ1n) is 11.7. The molecule has 9 nitrogen and oxygen atoms in total. The molecule has 0 aromatic heterocycles. The Morgan fingerprint density at radius 3 is 2.21 bits per heavy atom. The average Bonchev–Trinajstić information content (AvgIpc) is 2.88. The molecule has 0 unspecified atom stereocenters. The van der Waals surface area contributed by atoms with Crippen molar-refractivity contribution in [1.82, 2.24) is 0 Å². The number of sulfonamides is 2. The van der Waals surface area contributed by atoms with Gasteiger partial charge in [-0.2, -0.15) is 0 Å². The largest absolute Gasteiger partial charge is 0.492 e. The molecule has 0 atom stereocenters. The molecular formula is C27H27N3O6S2. The lowest BCUT2D eigenvalue weighted by atomic mass is 10.1. The number of hydrogen-bond acceptors (Lipinski definition) is 6. The van der Waals surface area contributed by atoms with Crippen LogP contribution >= 0.6 is 0 Å². The number of amides is 1. The Hall–Kier alpha value is -4.09. The van der Waals surface area contributed by atoms with Crippen molar-refractivity contribution in [3.05, 3.63) is 91.0 Å². The Bertz CT molecular complexity index is 1670. The average molecular weight is 554 g/mol. The predicted octanol–water partition coefficient (Wildman–Crippen LogP) is 4.44.